The third-order valence-corrected chi connectivity index (χ3v) is 5.92. The Morgan fingerprint density at radius 1 is 1.12 bits per heavy atom. The molecule has 7 heteroatoms. The van der Waals surface area contributed by atoms with Crippen LogP contribution in [0.1, 0.15) is 18.9 Å². The van der Waals surface area contributed by atoms with Gasteiger partial charge in [-0.2, -0.15) is 0 Å². The van der Waals surface area contributed by atoms with Crippen LogP contribution in [0.15, 0.2) is 47.4 Å². The second kappa shape index (κ2) is 8.07. The maximum Gasteiger partial charge on any atom is 0.178 e. The van der Waals surface area contributed by atoms with Crippen molar-refractivity contribution in [1.82, 2.24) is 0 Å². The Morgan fingerprint density at radius 3 is 2.42 bits per heavy atom. The highest BCUT2D eigenvalue weighted by Crippen LogP contribution is 2.32. The first-order chi connectivity index (χ1) is 12.5. The lowest BCUT2D eigenvalue weighted by atomic mass is 10.1. The van der Waals surface area contributed by atoms with Crippen molar-refractivity contribution >= 4 is 9.84 Å². The second-order valence-electron chi connectivity index (χ2n) is 6.01. The number of aryl methyl sites for hydroxylation is 1. The van der Waals surface area contributed by atoms with E-state index in [1.165, 1.54) is 12.1 Å². The van der Waals surface area contributed by atoms with E-state index in [9.17, 15) is 13.5 Å². The number of benzene rings is 2. The minimum atomic E-state index is -3.42. The van der Waals surface area contributed by atoms with E-state index in [0.29, 0.717) is 31.1 Å². The predicted octanol–water partition coefficient (Wildman–Crippen LogP) is 3.28. The minimum Gasteiger partial charge on any atom is -0.504 e. The van der Waals surface area contributed by atoms with Gasteiger partial charge in [0.15, 0.2) is 27.6 Å². The summed E-state index contributed by atoms with van der Waals surface area (Å²) in [6, 6.07) is 11.4. The summed E-state index contributed by atoms with van der Waals surface area (Å²) in [7, 11) is -3.42. The topological polar surface area (TPSA) is 82.1 Å². The van der Waals surface area contributed by atoms with Crippen molar-refractivity contribution in [3.8, 4) is 17.2 Å². The van der Waals surface area contributed by atoms with Crippen LogP contribution in [0.3, 0.4) is 0 Å². The Balaban J connectivity index is 1.65. The van der Waals surface area contributed by atoms with Gasteiger partial charge in [-0.15, -0.1) is 0 Å². The third kappa shape index (κ3) is 4.55. The summed E-state index contributed by atoms with van der Waals surface area (Å²) < 4.78 is 40.9. The Morgan fingerprint density at radius 2 is 1.81 bits per heavy atom. The van der Waals surface area contributed by atoms with Crippen molar-refractivity contribution in [2.75, 3.05) is 19.0 Å². The summed E-state index contributed by atoms with van der Waals surface area (Å²) in [6.45, 7) is 3.01. The van der Waals surface area contributed by atoms with Crippen molar-refractivity contribution in [1.29, 1.82) is 0 Å². The molecule has 1 aliphatic heterocycles. The lowest BCUT2D eigenvalue weighted by molar-refractivity contribution is -0.0424. The van der Waals surface area contributed by atoms with E-state index in [1.807, 2.05) is 13.0 Å². The molecule has 1 aliphatic rings. The maximum atomic E-state index is 12.4. The van der Waals surface area contributed by atoms with Crippen LogP contribution in [0.4, 0.5) is 0 Å². The molecule has 2 aromatic carbocycles. The molecule has 0 spiro atoms. The van der Waals surface area contributed by atoms with Crippen LogP contribution in [-0.4, -0.2) is 38.8 Å². The zero-order valence-corrected chi connectivity index (χ0v) is 15.4. The third-order valence-electron chi connectivity index (χ3n) is 4.16. The van der Waals surface area contributed by atoms with Gasteiger partial charge in [0.25, 0.3) is 0 Å². The van der Waals surface area contributed by atoms with Gasteiger partial charge >= 0.3 is 0 Å². The number of sulfone groups is 1. The maximum absolute atomic E-state index is 12.4. The quantitative estimate of drug-likeness (QED) is 0.796. The van der Waals surface area contributed by atoms with Crippen molar-refractivity contribution in [2.24, 2.45) is 0 Å². The summed E-state index contributed by atoms with van der Waals surface area (Å²) in [6.07, 6.45) is 0.678. The molecule has 1 saturated heterocycles. The fourth-order valence-corrected chi connectivity index (χ4v) is 3.94. The van der Waals surface area contributed by atoms with E-state index in [-0.39, 0.29) is 16.4 Å². The van der Waals surface area contributed by atoms with Crippen molar-refractivity contribution < 1.29 is 27.7 Å². The van der Waals surface area contributed by atoms with E-state index in [0.717, 1.165) is 12.0 Å². The lowest BCUT2D eigenvalue weighted by Gasteiger charge is -2.11. The van der Waals surface area contributed by atoms with Crippen LogP contribution >= 0.6 is 0 Å². The molecule has 0 aliphatic carbocycles. The van der Waals surface area contributed by atoms with Crippen LogP contribution in [0.5, 0.6) is 17.2 Å². The average molecular weight is 378 g/mol. The predicted molar refractivity (Wildman–Crippen MR) is 96.4 cm³/mol. The molecule has 6 nitrogen and oxygen atoms in total. The highest BCUT2D eigenvalue weighted by Gasteiger charge is 2.21. The Hall–Kier alpha value is -2.09. The highest BCUT2D eigenvalue weighted by atomic mass is 32.2. The molecule has 0 unspecified atom stereocenters. The van der Waals surface area contributed by atoms with Gasteiger partial charge in [0.1, 0.15) is 5.75 Å². The Bertz CT molecular complexity index is 839. The summed E-state index contributed by atoms with van der Waals surface area (Å²) in [4.78, 5) is 0.216. The summed E-state index contributed by atoms with van der Waals surface area (Å²) in [5.74, 6) is 0.786. The standard InChI is InChI=1S/C19H22O6S/c1-2-14-3-8-18(17(20)13-14)25-15-4-6-16(7-5-15)26(21,22)12-9-19-23-10-11-24-19/h3-8,13,19-20H,2,9-12H2,1H3. The molecular weight excluding hydrogens is 356 g/mol. The molecule has 3 rings (SSSR count). The molecule has 0 saturated carbocycles. The van der Waals surface area contributed by atoms with Crippen LogP contribution < -0.4 is 4.74 Å². The molecular formula is C19H22O6S. The number of phenolic OH excluding ortho intramolecular Hbond substituents is 1. The zero-order chi connectivity index (χ0) is 18.6. The first kappa shape index (κ1) is 18.7. The normalized spacial score (nSPS) is 15.3. The van der Waals surface area contributed by atoms with Gasteiger partial charge in [-0.1, -0.05) is 13.0 Å². The molecule has 1 heterocycles. The molecule has 26 heavy (non-hydrogen) atoms. The molecule has 0 amide bonds. The lowest BCUT2D eigenvalue weighted by Crippen LogP contribution is -2.15. The van der Waals surface area contributed by atoms with E-state index in [2.05, 4.69) is 0 Å². The fraction of sp³-hybridized carbons (Fsp3) is 0.368. The molecule has 1 N–H and O–H groups in total. The number of ether oxygens (including phenoxy) is 3. The highest BCUT2D eigenvalue weighted by molar-refractivity contribution is 7.91. The van der Waals surface area contributed by atoms with E-state index >= 15 is 0 Å². The first-order valence-corrected chi connectivity index (χ1v) is 10.2. The zero-order valence-electron chi connectivity index (χ0n) is 14.6. The molecule has 140 valence electrons. The van der Waals surface area contributed by atoms with Crippen molar-refractivity contribution in [3.05, 3.63) is 48.0 Å². The number of hydrogen-bond acceptors (Lipinski definition) is 6. The van der Waals surface area contributed by atoms with Crippen molar-refractivity contribution in [2.45, 2.75) is 31.0 Å². The molecule has 0 aromatic heterocycles. The van der Waals surface area contributed by atoms with Gasteiger partial charge in [0, 0.05) is 6.42 Å². The van der Waals surface area contributed by atoms with Crippen LogP contribution in [0.2, 0.25) is 0 Å². The van der Waals surface area contributed by atoms with Gasteiger partial charge in [-0.25, -0.2) is 8.42 Å². The Kier molecular flexibility index (Phi) is 5.80. The molecule has 0 atom stereocenters. The van der Waals surface area contributed by atoms with Crippen molar-refractivity contribution in [3.63, 3.8) is 0 Å². The fourth-order valence-electron chi connectivity index (χ4n) is 2.65. The number of hydrogen-bond donors (Lipinski definition) is 1. The van der Waals surface area contributed by atoms with Gasteiger partial charge in [0.2, 0.25) is 0 Å². The molecule has 0 bridgehead atoms. The average Bonchev–Trinajstić information content (AvgIpc) is 3.16. The number of phenols is 1. The van der Waals surface area contributed by atoms with Gasteiger partial charge in [-0.3, -0.25) is 0 Å². The second-order valence-corrected chi connectivity index (χ2v) is 8.12. The first-order valence-electron chi connectivity index (χ1n) is 8.54. The van der Waals surface area contributed by atoms with E-state index in [4.69, 9.17) is 14.2 Å². The van der Waals surface area contributed by atoms with Crippen LogP contribution in [0.25, 0.3) is 0 Å². The number of rotatable bonds is 7. The summed E-state index contributed by atoms with van der Waals surface area (Å²) in [5, 5.41) is 10.00. The van der Waals surface area contributed by atoms with E-state index in [1.54, 1.807) is 24.3 Å². The summed E-state index contributed by atoms with van der Waals surface area (Å²) >= 11 is 0. The largest absolute Gasteiger partial charge is 0.504 e. The van der Waals surface area contributed by atoms with E-state index < -0.39 is 16.1 Å². The van der Waals surface area contributed by atoms with Gasteiger partial charge < -0.3 is 19.3 Å². The molecule has 2 aromatic rings. The smallest absolute Gasteiger partial charge is 0.178 e. The monoisotopic (exact) mass is 378 g/mol. The van der Waals surface area contributed by atoms with Gasteiger partial charge in [0.05, 0.1) is 23.9 Å². The SMILES string of the molecule is CCc1ccc(Oc2ccc(S(=O)(=O)CCC3OCCO3)cc2)c(O)c1. The van der Waals surface area contributed by atoms with Gasteiger partial charge in [-0.05, 0) is 48.4 Å². The molecule has 1 fully saturated rings. The Labute approximate surface area is 153 Å². The van der Waals surface area contributed by atoms with Crippen LogP contribution in [-0.2, 0) is 25.7 Å². The van der Waals surface area contributed by atoms with Crippen LogP contribution in [0, 0.1) is 0 Å². The number of aromatic hydroxyl groups is 1. The summed E-state index contributed by atoms with van der Waals surface area (Å²) in [5.41, 5.74) is 1.01. The molecule has 0 radical (unpaired) electrons. The minimum absolute atomic E-state index is 0.0445.